The monoisotopic (exact) mass is 431 g/mol. The number of rotatable bonds is 3. The van der Waals surface area contributed by atoms with Crippen molar-refractivity contribution in [3.05, 3.63) is 108 Å². The first-order chi connectivity index (χ1) is 15.7. The van der Waals surface area contributed by atoms with E-state index in [1.54, 1.807) is 0 Å². The van der Waals surface area contributed by atoms with Gasteiger partial charge in [0.1, 0.15) is 0 Å². The Bertz CT molecular complexity index is 1320. The van der Waals surface area contributed by atoms with E-state index in [0.717, 1.165) is 0 Å². The van der Waals surface area contributed by atoms with Gasteiger partial charge in [0.15, 0.2) is 0 Å². The summed E-state index contributed by atoms with van der Waals surface area (Å²) in [7, 11) is 0. The van der Waals surface area contributed by atoms with Crippen molar-refractivity contribution in [3.8, 4) is 22.3 Å². The molecule has 0 bridgehead atoms. The van der Waals surface area contributed by atoms with Crippen molar-refractivity contribution in [2.75, 3.05) is 4.90 Å². The SMILES string of the molecule is Cc1ccc2c(c1N(c1ccccc1-c1ccccc1)C(C)(C)C)-c1ccccc1C2(C)C. The van der Waals surface area contributed by atoms with Crippen LogP contribution in [0.15, 0.2) is 91.0 Å². The highest BCUT2D eigenvalue weighted by Gasteiger charge is 2.39. The van der Waals surface area contributed by atoms with Crippen LogP contribution >= 0.6 is 0 Å². The lowest BCUT2D eigenvalue weighted by Gasteiger charge is -2.41. The predicted molar refractivity (Wildman–Crippen MR) is 143 cm³/mol. The van der Waals surface area contributed by atoms with E-state index in [1.165, 1.54) is 50.3 Å². The second kappa shape index (κ2) is 7.63. The maximum Gasteiger partial charge on any atom is 0.0528 e. The van der Waals surface area contributed by atoms with Crippen molar-refractivity contribution in [2.24, 2.45) is 0 Å². The molecule has 0 spiro atoms. The first kappa shape index (κ1) is 21.5. The highest BCUT2D eigenvalue weighted by molar-refractivity contribution is 5.96. The Morgan fingerprint density at radius 3 is 1.94 bits per heavy atom. The van der Waals surface area contributed by atoms with Gasteiger partial charge >= 0.3 is 0 Å². The molecule has 4 aromatic rings. The van der Waals surface area contributed by atoms with Gasteiger partial charge in [-0.3, -0.25) is 0 Å². The molecule has 0 amide bonds. The van der Waals surface area contributed by atoms with E-state index >= 15 is 0 Å². The van der Waals surface area contributed by atoms with Crippen LogP contribution in [0.2, 0.25) is 0 Å². The Morgan fingerprint density at radius 2 is 1.24 bits per heavy atom. The Hall–Kier alpha value is -3.32. The van der Waals surface area contributed by atoms with Crippen molar-refractivity contribution in [2.45, 2.75) is 52.5 Å². The zero-order valence-corrected chi connectivity index (χ0v) is 20.6. The Morgan fingerprint density at radius 1 is 0.636 bits per heavy atom. The summed E-state index contributed by atoms with van der Waals surface area (Å²) in [5.74, 6) is 0. The van der Waals surface area contributed by atoms with Gasteiger partial charge in [0.05, 0.1) is 5.69 Å². The maximum atomic E-state index is 2.57. The molecule has 0 heterocycles. The highest BCUT2D eigenvalue weighted by Crippen LogP contribution is 2.55. The lowest BCUT2D eigenvalue weighted by molar-refractivity contribution is 0.559. The minimum atomic E-state index is -0.119. The molecule has 5 rings (SSSR count). The molecular weight excluding hydrogens is 398 g/mol. The summed E-state index contributed by atoms with van der Waals surface area (Å²) in [5, 5.41) is 0. The van der Waals surface area contributed by atoms with E-state index in [-0.39, 0.29) is 11.0 Å². The predicted octanol–water partition coefficient (Wildman–Crippen LogP) is 8.90. The molecule has 1 aliphatic carbocycles. The Balaban J connectivity index is 1.85. The molecule has 0 saturated carbocycles. The van der Waals surface area contributed by atoms with E-state index in [9.17, 15) is 0 Å². The lowest BCUT2D eigenvalue weighted by atomic mass is 9.82. The van der Waals surface area contributed by atoms with Crippen LogP contribution < -0.4 is 4.90 Å². The summed E-state index contributed by atoms with van der Waals surface area (Å²) < 4.78 is 0. The van der Waals surface area contributed by atoms with E-state index in [0.29, 0.717) is 0 Å². The summed E-state index contributed by atoms with van der Waals surface area (Å²) in [6.45, 7) is 13.9. The van der Waals surface area contributed by atoms with Gasteiger partial charge in [0.2, 0.25) is 0 Å². The van der Waals surface area contributed by atoms with Gasteiger partial charge in [0, 0.05) is 27.8 Å². The third kappa shape index (κ3) is 3.38. The molecule has 4 aromatic carbocycles. The van der Waals surface area contributed by atoms with E-state index < -0.39 is 0 Å². The van der Waals surface area contributed by atoms with E-state index in [2.05, 4.69) is 137 Å². The topological polar surface area (TPSA) is 3.24 Å². The molecular formula is C32H33N. The molecule has 1 aliphatic rings. The van der Waals surface area contributed by atoms with Crippen LogP contribution in [-0.4, -0.2) is 5.54 Å². The molecule has 0 aliphatic heterocycles. The van der Waals surface area contributed by atoms with Crippen LogP contribution in [0.3, 0.4) is 0 Å². The summed E-state index contributed by atoms with van der Waals surface area (Å²) in [6.07, 6.45) is 0. The first-order valence-corrected chi connectivity index (χ1v) is 11.9. The van der Waals surface area contributed by atoms with Gasteiger partial charge in [-0.15, -0.1) is 0 Å². The van der Waals surface area contributed by atoms with Crippen LogP contribution in [0.1, 0.15) is 51.3 Å². The van der Waals surface area contributed by atoms with E-state index in [4.69, 9.17) is 0 Å². The smallest absolute Gasteiger partial charge is 0.0528 e. The number of aryl methyl sites for hydroxylation is 1. The second-order valence-corrected chi connectivity index (χ2v) is 10.7. The minimum Gasteiger partial charge on any atom is -0.335 e. The molecule has 0 atom stereocenters. The van der Waals surface area contributed by atoms with Crippen LogP contribution in [0.5, 0.6) is 0 Å². The van der Waals surface area contributed by atoms with Crippen molar-refractivity contribution >= 4 is 11.4 Å². The number of hydrogen-bond donors (Lipinski definition) is 0. The van der Waals surface area contributed by atoms with Gasteiger partial charge in [-0.1, -0.05) is 98.8 Å². The number of para-hydroxylation sites is 1. The van der Waals surface area contributed by atoms with Crippen molar-refractivity contribution in [3.63, 3.8) is 0 Å². The fraction of sp³-hybridized carbons (Fsp3) is 0.250. The summed E-state index contributed by atoms with van der Waals surface area (Å²) in [5.41, 5.74) is 11.8. The Kier molecular flexibility index (Phi) is 4.97. The zero-order chi connectivity index (χ0) is 23.4. The van der Waals surface area contributed by atoms with Crippen LogP contribution in [-0.2, 0) is 5.41 Å². The van der Waals surface area contributed by atoms with Crippen LogP contribution in [0, 0.1) is 6.92 Å². The van der Waals surface area contributed by atoms with Crippen molar-refractivity contribution in [1.82, 2.24) is 0 Å². The molecule has 0 unspecified atom stereocenters. The van der Waals surface area contributed by atoms with Crippen LogP contribution in [0.4, 0.5) is 11.4 Å². The average molecular weight is 432 g/mol. The fourth-order valence-electron chi connectivity index (χ4n) is 5.52. The maximum absolute atomic E-state index is 2.57. The molecule has 0 saturated heterocycles. The number of fused-ring (bicyclic) bond motifs is 3. The summed E-state index contributed by atoms with van der Waals surface area (Å²) >= 11 is 0. The van der Waals surface area contributed by atoms with Gasteiger partial charge in [-0.05, 0) is 61.6 Å². The summed E-state index contributed by atoms with van der Waals surface area (Å²) in [6, 6.07) is 33.2. The largest absolute Gasteiger partial charge is 0.335 e. The van der Waals surface area contributed by atoms with Crippen LogP contribution in [0.25, 0.3) is 22.3 Å². The normalized spacial score (nSPS) is 14.0. The van der Waals surface area contributed by atoms with Crippen molar-refractivity contribution < 1.29 is 0 Å². The lowest BCUT2D eigenvalue weighted by Crippen LogP contribution is -2.38. The van der Waals surface area contributed by atoms with Crippen molar-refractivity contribution in [1.29, 1.82) is 0 Å². The number of nitrogens with zero attached hydrogens (tertiary/aromatic N) is 1. The van der Waals surface area contributed by atoms with Gasteiger partial charge in [-0.25, -0.2) is 0 Å². The molecule has 0 aromatic heterocycles. The molecule has 33 heavy (non-hydrogen) atoms. The molecule has 0 radical (unpaired) electrons. The van der Waals surface area contributed by atoms with Gasteiger partial charge < -0.3 is 4.90 Å². The van der Waals surface area contributed by atoms with Gasteiger partial charge in [0.25, 0.3) is 0 Å². The number of benzene rings is 4. The third-order valence-electron chi connectivity index (χ3n) is 7.05. The third-order valence-corrected chi connectivity index (χ3v) is 7.05. The first-order valence-electron chi connectivity index (χ1n) is 11.9. The van der Waals surface area contributed by atoms with Gasteiger partial charge in [-0.2, -0.15) is 0 Å². The Labute approximate surface area is 198 Å². The average Bonchev–Trinajstić information content (AvgIpc) is 3.03. The zero-order valence-electron chi connectivity index (χ0n) is 20.6. The molecule has 0 fully saturated rings. The minimum absolute atomic E-state index is 0.0170. The molecule has 0 N–H and O–H groups in total. The number of anilines is 2. The molecule has 1 nitrogen and oxygen atoms in total. The highest BCUT2D eigenvalue weighted by atomic mass is 15.2. The fourth-order valence-corrected chi connectivity index (χ4v) is 5.52. The molecule has 1 heteroatoms. The number of hydrogen-bond acceptors (Lipinski definition) is 1. The summed E-state index contributed by atoms with van der Waals surface area (Å²) in [4.78, 5) is 2.57. The quantitative estimate of drug-likeness (QED) is 0.313. The second-order valence-electron chi connectivity index (χ2n) is 10.7. The van der Waals surface area contributed by atoms with E-state index in [1.807, 2.05) is 0 Å². The standard InChI is InChI=1S/C32H33N/c1-22-20-21-27-29(25-17-10-12-18-26(25)32(27,5)6)30(22)33(31(2,3)4)28-19-13-11-16-24(28)23-14-8-7-9-15-23/h7-21H,1-6H3. The molecule has 166 valence electrons.